The number of rotatable bonds is 12. The summed E-state index contributed by atoms with van der Waals surface area (Å²) in [5.74, 6) is 1.14. The molecule has 0 unspecified atom stereocenters. The molecule has 0 N–H and O–H groups in total. The van der Waals surface area contributed by atoms with Gasteiger partial charge in [0.05, 0.1) is 14.2 Å². The van der Waals surface area contributed by atoms with E-state index in [1.54, 1.807) is 32.4 Å². The predicted octanol–water partition coefficient (Wildman–Crippen LogP) is 6.14. The third-order valence-corrected chi connectivity index (χ3v) is 7.52. The zero-order valence-electron chi connectivity index (χ0n) is 23.2. The highest BCUT2D eigenvalue weighted by Gasteiger charge is 2.28. The SMILES string of the molecule is COc1cc(OC)cc(C(=O)N(CCC(=O)N(CCc2ccccc2)Cc2ccccc2)C2CCCCC2)c1. The van der Waals surface area contributed by atoms with E-state index in [2.05, 4.69) is 24.3 Å². The number of amides is 2. The molecule has 0 aromatic heterocycles. The number of benzene rings is 3. The summed E-state index contributed by atoms with van der Waals surface area (Å²) in [6, 6.07) is 25.7. The second-order valence-corrected chi connectivity index (χ2v) is 10.2. The first kappa shape index (κ1) is 28.2. The quantitative estimate of drug-likeness (QED) is 0.283. The van der Waals surface area contributed by atoms with Crippen LogP contribution in [0.4, 0.5) is 0 Å². The number of carbonyl (C=O) groups excluding carboxylic acids is 2. The van der Waals surface area contributed by atoms with Gasteiger partial charge in [-0.1, -0.05) is 79.9 Å². The molecule has 206 valence electrons. The van der Waals surface area contributed by atoms with E-state index >= 15 is 0 Å². The lowest BCUT2D eigenvalue weighted by Gasteiger charge is -2.35. The van der Waals surface area contributed by atoms with Crippen LogP contribution in [-0.2, 0) is 17.8 Å². The van der Waals surface area contributed by atoms with Crippen molar-refractivity contribution in [2.45, 2.75) is 57.5 Å². The zero-order chi connectivity index (χ0) is 27.5. The van der Waals surface area contributed by atoms with Gasteiger partial charge in [-0.15, -0.1) is 0 Å². The summed E-state index contributed by atoms with van der Waals surface area (Å²) in [6.45, 7) is 1.57. The van der Waals surface area contributed by atoms with Crippen LogP contribution in [0.15, 0.2) is 78.9 Å². The summed E-state index contributed by atoms with van der Waals surface area (Å²) < 4.78 is 10.8. The minimum atomic E-state index is -0.0780. The molecule has 1 aliphatic rings. The Bertz CT molecular complexity index is 1170. The Morgan fingerprint density at radius 3 is 1.95 bits per heavy atom. The molecular weight excluding hydrogens is 488 g/mol. The van der Waals surface area contributed by atoms with Crippen molar-refractivity contribution in [3.05, 3.63) is 95.6 Å². The lowest BCUT2D eigenvalue weighted by atomic mass is 9.93. The molecule has 4 rings (SSSR count). The topological polar surface area (TPSA) is 59.1 Å². The van der Waals surface area contributed by atoms with Gasteiger partial charge in [0.15, 0.2) is 0 Å². The standard InChI is InChI=1S/C33H40N2O4/c1-38-30-22-28(23-31(24-30)39-2)33(37)35(29-16-10-5-11-17-29)21-19-32(36)34(25-27-14-8-4-9-15-27)20-18-26-12-6-3-7-13-26/h3-4,6-9,12-15,22-24,29H,5,10-11,16-21,25H2,1-2H3. The highest BCUT2D eigenvalue weighted by molar-refractivity contribution is 5.95. The number of methoxy groups -OCH3 is 2. The highest BCUT2D eigenvalue weighted by atomic mass is 16.5. The molecule has 3 aromatic rings. The largest absolute Gasteiger partial charge is 0.497 e. The summed E-state index contributed by atoms with van der Waals surface area (Å²) in [4.78, 5) is 31.4. The van der Waals surface area contributed by atoms with Gasteiger partial charge in [0.2, 0.25) is 5.91 Å². The van der Waals surface area contributed by atoms with Gasteiger partial charge in [0.1, 0.15) is 11.5 Å². The maximum Gasteiger partial charge on any atom is 0.254 e. The molecular formula is C33H40N2O4. The van der Waals surface area contributed by atoms with Gasteiger partial charge in [-0.05, 0) is 42.5 Å². The Labute approximate surface area is 232 Å². The lowest BCUT2D eigenvalue weighted by molar-refractivity contribution is -0.132. The molecule has 6 heteroatoms. The lowest BCUT2D eigenvalue weighted by Crippen LogP contribution is -2.44. The van der Waals surface area contributed by atoms with E-state index in [-0.39, 0.29) is 24.3 Å². The van der Waals surface area contributed by atoms with Crippen LogP contribution in [0.3, 0.4) is 0 Å². The minimum Gasteiger partial charge on any atom is -0.497 e. The molecule has 0 spiro atoms. The van der Waals surface area contributed by atoms with E-state index < -0.39 is 0 Å². The van der Waals surface area contributed by atoms with E-state index in [1.165, 1.54) is 12.0 Å². The molecule has 1 saturated carbocycles. The highest BCUT2D eigenvalue weighted by Crippen LogP contribution is 2.28. The summed E-state index contributed by atoms with van der Waals surface area (Å²) in [5, 5.41) is 0. The average molecular weight is 529 g/mol. The predicted molar refractivity (Wildman–Crippen MR) is 154 cm³/mol. The van der Waals surface area contributed by atoms with Crippen LogP contribution >= 0.6 is 0 Å². The van der Waals surface area contributed by atoms with Crippen molar-refractivity contribution in [2.75, 3.05) is 27.3 Å². The molecule has 0 radical (unpaired) electrons. The first-order valence-electron chi connectivity index (χ1n) is 14.0. The van der Waals surface area contributed by atoms with E-state index in [1.807, 2.05) is 46.2 Å². The van der Waals surface area contributed by atoms with Crippen molar-refractivity contribution >= 4 is 11.8 Å². The molecule has 2 amide bonds. The van der Waals surface area contributed by atoms with Crippen LogP contribution in [0.25, 0.3) is 0 Å². The molecule has 39 heavy (non-hydrogen) atoms. The molecule has 3 aromatic carbocycles. The van der Waals surface area contributed by atoms with Gasteiger partial charge in [-0.25, -0.2) is 0 Å². The van der Waals surface area contributed by atoms with Crippen LogP contribution in [0, 0.1) is 0 Å². The smallest absolute Gasteiger partial charge is 0.254 e. The maximum atomic E-state index is 13.9. The molecule has 0 aliphatic heterocycles. The maximum absolute atomic E-state index is 13.9. The van der Waals surface area contributed by atoms with E-state index in [0.29, 0.717) is 36.7 Å². The van der Waals surface area contributed by atoms with Crippen molar-refractivity contribution in [1.29, 1.82) is 0 Å². The summed E-state index contributed by atoms with van der Waals surface area (Å²) in [5.41, 5.74) is 2.83. The van der Waals surface area contributed by atoms with Gasteiger partial charge in [0.25, 0.3) is 5.91 Å². The zero-order valence-corrected chi connectivity index (χ0v) is 23.2. The average Bonchev–Trinajstić information content (AvgIpc) is 3.00. The Morgan fingerprint density at radius 1 is 0.769 bits per heavy atom. The van der Waals surface area contributed by atoms with Crippen molar-refractivity contribution in [3.8, 4) is 11.5 Å². The Hall–Kier alpha value is -3.80. The van der Waals surface area contributed by atoms with Crippen LogP contribution < -0.4 is 9.47 Å². The van der Waals surface area contributed by atoms with Crippen molar-refractivity contribution in [1.82, 2.24) is 9.80 Å². The van der Waals surface area contributed by atoms with Gasteiger partial charge in [0, 0.05) is 43.7 Å². The molecule has 6 nitrogen and oxygen atoms in total. The fourth-order valence-electron chi connectivity index (χ4n) is 5.32. The van der Waals surface area contributed by atoms with Crippen LogP contribution in [-0.4, -0.2) is 55.0 Å². The number of nitrogens with zero attached hydrogens (tertiary/aromatic N) is 2. The fraction of sp³-hybridized carbons (Fsp3) is 0.394. The Balaban J connectivity index is 1.51. The third-order valence-electron chi connectivity index (χ3n) is 7.52. The number of hydrogen-bond donors (Lipinski definition) is 0. The second-order valence-electron chi connectivity index (χ2n) is 10.2. The first-order valence-corrected chi connectivity index (χ1v) is 14.0. The van der Waals surface area contributed by atoms with Crippen molar-refractivity contribution < 1.29 is 19.1 Å². The molecule has 0 atom stereocenters. The Morgan fingerprint density at radius 2 is 1.36 bits per heavy atom. The van der Waals surface area contributed by atoms with Crippen LogP contribution in [0.1, 0.15) is 60.0 Å². The molecule has 0 saturated heterocycles. The van der Waals surface area contributed by atoms with E-state index in [4.69, 9.17) is 9.47 Å². The minimum absolute atomic E-state index is 0.0617. The van der Waals surface area contributed by atoms with Crippen LogP contribution in [0.2, 0.25) is 0 Å². The van der Waals surface area contributed by atoms with E-state index in [9.17, 15) is 9.59 Å². The fourth-order valence-corrected chi connectivity index (χ4v) is 5.32. The van der Waals surface area contributed by atoms with Gasteiger partial charge < -0.3 is 19.3 Å². The normalized spacial score (nSPS) is 13.5. The van der Waals surface area contributed by atoms with Gasteiger partial charge in [-0.3, -0.25) is 9.59 Å². The third kappa shape index (κ3) is 8.09. The number of ether oxygens (including phenoxy) is 2. The van der Waals surface area contributed by atoms with Crippen LogP contribution in [0.5, 0.6) is 11.5 Å². The monoisotopic (exact) mass is 528 g/mol. The van der Waals surface area contributed by atoms with Gasteiger partial charge in [-0.2, -0.15) is 0 Å². The summed E-state index contributed by atoms with van der Waals surface area (Å²) >= 11 is 0. The molecule has 1 aliphatic carbocycles. The number of carbonyl (C=O) groups is 2. The summed E-state index contributed by atoms with van der Waals surface area (Å²) in [7, 11) is 3.16. The van der Waals surface area contributed by atoms with Gasteiger partial charge >= 0.3 is 0 Å². The summed E-state index contributed by atoms with van der Waals surface area (Å²) in [6.07, 6.45) is 6.38. The molecule has 1 fully saturated rings. The van der Waals surface area contributed by atoms with E-state index in [0.717, 1.165) is 37.7 Å². The van der Waals surface area contributed by atoms with Crippen molar-refractivity contribution in [2.24, 2.45) is 0 Å². The molecule has 0 heterocycles. The first-order chi connectivity index (χ1) is 19.1. The Kier molecular flexibility index (Phi) is 10.4. The molecule has 0 bridgehead atoms. The number of hydrogen-bond acceptors (Lipinski definition) is 4. The second kappa shape index (κ2) is 14.4. The van der Waals surface area contributed by atoms with Crippen molar-refractivity contribution in [3.63, 3.8) is 0 Å².